The van der Waals surface area contributed by atoms with E-state index >= 15 is 0 Å². The standard InChI is InChI=1S/C18H21ClFN/c1-3-11-21-17(15-9-5-4-7-13(15)2)12-14-8-6-10-16(19)18(14)20/h4-10,17,21H,3,11-12H2,1-2H3. The molecule has 21 heavy (non-hydrogen) atoms. The predicted octanol–water partition coefficient (Wildman–Crippen LogP) is 5.07. The van der Waals surface area contributed by atoms with Gasteiger partial charge in [0.15, 0.2) is 0 Å². The molecule has 0 aliphatic rings. The van der Waals surface area contributed by atoms with Gasteiger partial charge in [0.05, 0.1) is 5.02 Å². The van der Waals surface area contributed by atoms with Crippen LogP contribution in [0.15, 0.2) is 42.5 Å². The summed E-state index contributed by atoms with van der Waals surface area (Å²) in [5, 5.41) is 3.70. The van der Waals surface area contributed by atoms with Gasteiger partial charge in [0.25, 0.3) is 0 Å². The Morgan fingerprint density at radius 2 is 1.90 bits per heavy atom. The van der Waals surface area contributed by atoms with Gasteiger partial charge in [-0.05, 0) is 49.1 Å². The summed E-state index contributed by atoms with van der Waals surface area (Å²) in [5.41, 5.74) is 3.08. The van der Waals surface area contributed by atoms with Gasteiger partial charge in [0.2, 0.25) is 0 Å². The molecule has 2 aromatic rings. The lowest BCUT2D eigenvalue weighted by Gasteiger charge is -2.21. The molecule has 0 bridgehead atoms. The first kappa shape index (κ1) is 16.0. The van der Waals surface area contributed by atoms with Crippen molar-refractivity contribution < 1.29 is 4.39 Å². The SMILES string of the molecule is CCCNC(Cc1cccc(Cl)c1F)c1ccccc1C. The molecular weight excluding hydrogens is 285 g/mol. The molecule has 1 N–H and O–H groups in total. The summed E-state index contributed by atoms with van der Waals surface area (Å²) in [7, 11) is 0. The molecule has 0 amide bonds. The average Bonchev–Trinajstić information content (AvgIpc) is 2.48. The number of hydrogen-bond donors (Lipinski definition) is 1. The second kappa shape index (κ2) is 7.58. The number of hydrogen-bond acceptors (Lipinski definition) is 1. The maximum atomic E-state index is 14.1. The molecule has 1 nitrogen and oxygen atoms in total. The van der Waals surface area contributed by atoms with E-state index in [4.69, 9.17) is 11.6 Å². The van der Waals surface area contributed by atoms with Gasteiger partial charge in [-0.1, -0.05) is 54.9 Å². The molecule has 1 unspecified atom stereocenters. The average molecular weight is 306 g/mol. The molecule has 0 aromatic heterocycles. The molecule has 112 valence electrons. The number of nitrogens with one attached hydrogen (secondary N) is 1. The molecule has 0 saturated carbocycles. The van der Waals surface area contributed by atoms with Gasteiger partial charge in [0.1, 0.15) is 5.82 Å². The molecule has 0 heterocycles. The van der Waals surface area contributed by atoms with Crippen LogP contribution in [-0.2, 0) is 6.42 Å². The highest BCUT2D eigenvalue weighted by Crippen LogP contribution is 2.25. The van der Waals surface area contributed by atoms with Gasteiger partial charge in [-0.25, -0.2) is 4.39 Å². The summed E-state index contributed by atoms with van der Waals surface area (Å²) in [6.07, 6.45) is 1.64. The summed E-state index contributed by atoms with van der Waals surface area (Å²) in [5.74, 6) is -0.309. The highest BCUT2D eigenvalue weighted by molar-refractivity contribution is 6.30. The van der Waals surface area contributed by atoms with Crippen LogP contribution < -0.4 is 5.32 Å². The zero-order valence-electron chi connectivity index (χ0n) is 12.5. The third-order valence-electron chi connectivity index (χ3n) is 3.66. The quantitative estimate of drug-likeness (QED) is 0.785. The Bertz CT molecular complexity index is 598. The lowest BCUT2D eigenvalue weighted by molar-refractivity contribution is 0.511. The van der Waals surface area contributed by atoms with E-state index in [9.17, 15) is 4.39 Å². The maximum absolute atomic E-state index is 14.1. The van der Waals surface area contributed by atoms with E-state index in [0.717, 1.165) is 13.0 Å². The third-order valence-corrected chi connectivity index (χ3v) is 3.95. The monoisotopic (exact) mass is 305 g/mol. The summed E-state index contributed by atoms with van der Waals surface area (Å²) in [6.45, 7) is 5.12. The zero-order chi connectivity index (χ0) is 15.2. The minimum Gasteiger partial charge on any atom is -0.310 e. The van der Waals surface area contributed by atoms with Gasteiger partial charge in [-0.2, -0.15) is 0 Å². The number of halogens is 2. The number of benzene rings is 2. The molecule has 3 heteroatoms. The fourth-order valence-electron chi connectivity index (χ4n) is 2.51. The van der Waals surface area contributed by atoms with Crippen molar-refractivity contribution in [3.8, 4) is 0 Å². The second-order valence-electron chi connectivity index (χ2n) is 5.28. The highest BCUT2D eigenvalue weighted by Gasteiger charge is 2.16. The van der Waals surface area contributed by atoms with Crippen LogP contribution in [-0.4, -0.2) is 6.54 Å². The molecule has 2 aromatic carbocycles. The van der Waals surface area contributed by atoms with Crippen LogP contribution in [0.2, 0.25) is 5.02 Å². The molecule has 1 atom stereocenters. The van der Waals surface area contributed by atoms with Gasteiger partial charge in [-0.15, -0.1) is 0 Å². The van der Waals surface area contributed by atoms with E-state index in [0.29, 0.717) is 12.0 Å². The van der Waals surface area contributed by atoms with Crippen molar-refractivity contribution in [2.75, 3.05) is 6.54 Å². The number of aryl methyl sites for hydroxylation is 1. The van der Waals surface area contributed by atoms with Gasteiger partial charge in [0, 0.05) is 6.04 Å². The van der Waals surface area contributed by atoms with Crippen molar-refractivity contribution in [1.29, 1.82) is 0 Å². The molecule has 0 aliphatic heterocycles. The van der Waals surface area contributed by atoms with Crippen molar-refractivity contribution in [2.24, 2.45) is 0 Å². The first-order chi connectivity index (χ1) is 10.1. The van der Waals surface area contributed by atoms with Crippen LogP contribution in [0, 0.1) is 12.7 Å². The summed E-state index contributed by atoms with van der Waals surface area (Å²) >= 11 is 5.88. The zero-order valence-corrected chi connectivity index (χ0v) is 13.3. The van der Waals surface area contributed by atoms with E-state index in [-0.39, 0.29) is 16.9 Å². The van der Waals surface area contributed by atoms with Crippen LogP contribution in [0.5, 0.6) is 0 Å². The largest absolute Gasteiger partial charge is 0.310 e. The van der Waals surface area contributed by atoms with Crippen molar-refractivity contribution in [1.82, 2.24) is 5.32 Å². The van der Waals surface area contributed by atoms with Gasteiger partial charge < -0.3 is 5.32 Å². The molecular formula is C18H21ClFN. The summed E-state index contributed by atoms with van der Waals surface area (Å²) in [6, 6.07) is 13.5. The van der Waals surface area contributed by atoms with Gasteiger partial charge in [-0.3, -0.25) is 0 Å². The molecule has 0 aliphatic carbocycles. The lowest BCUT2D eigenvalue weighted by atomic mass is 9.95. The first-order valence-electron chi connectivity index (χ1n) is 7.35. The molecule has 0 radical (unpaired) electrons. The minimum absolute atomic E-state index is 0.0964. The van der Waals surface area contributed by atoms with Crippen molar-refractivity contribution >= 4 is 11.6 Å². The maximum Gasteiger partial charge on any atom is 0.145 e. The summed E-state index contributed by atoms with van der Waals surface area (Å²) < 4.78 is 14.1. The fourth-order valence-corrected chi connectivity index (χ4v) is 2.71. The molecule has 0 saturated heterocycles. The fraction of sp³-hybridized carbons (Fsp3) is 0.333. The predicted molar refractivity (Wildman–Crippen MR) is 87.3 cm³/mol. The summed E-state index contributed by atoms with van der Waals surface area (Å²) in [4.78, 5) is 0. The topological polar surface area (TPSA) is 12.0 Å². The van der Waals surface area contributed by atoms with Crippen LogP contribution in [0.3, 0.4) is 0 Å². The van der Waals surface area contributed by atoms with Gasteiger partial charge >= 0.3 is 0 Å². The van der Waals surface area contributed by atoms with E-state index < -0.39 is 0 Å². The Hall–Kier alpha value is -1.38. The lowest BCUT2D eigenvalue weighted by Crippen LogP contribution is -2.25. The number of rotatable bonds is 6. The Labute approximate surface area is 131 Å². The first-order valence-corrected chi connectivity index (χ1v) is 7.73. The van der Waals surface area contributed by atoms with Crippen LogP contribution in [0.25, 0.3) is 0 Å². The van der Waals surface area contributed by atoms with Crippen molar-refractivity contribution in [3.63, 3.8) is 0 Å². The van der Waals surface area contributed by atoms with E-state index in [1.54, 1.807) is 18.2 Å². The molecule has 2 rings (SSSR count). The Morgan fingerprint density at radius 3 is 2.62 bits per heavy atom. The van der Waals surface area contributed by atoms with E-state index in [1.807, 2.05) is 12.1 Å². The smallest absolute Gasteiger partial charge is 0.145 e. The van der Waals surface area contributed by atoms with E-state index in [2.05, 4.69) is 31.3 Å². The normalized spacial score (nSPS) is 12.4. The highest BCUT2D eigenvalue weighted by atomic mass is 35.5. The Kier molecular flexibility index (Phi) is 5.77. The van der Waals surface area contributed by atoms with Crippen LogP contribution >= 0.6 is 11.6 Å². The Balaban J connectivity index is 2.28. The second-order valence-corrected chi connectivity index (χ2v) is 5.69. The van der Waals surface area contributed by atoms with E-state index in [1.165, 1.54) is 11.1 Å². The Morgan fingerprint density at radius 1 is 1.14 bits per heavy atom. The third kappa shape index (κ3) is 4.05. The molecule has 0 spiro atoms. The van der Waals surface area contributed by atoms with Crippen LogP contribution in [0.4, 0.5) is 4.39 Å². The minimum atomic E-state index is -0.309. The van der Waals surface area contributed by atoms with Crippen molar-refractivity contribution in [3.05, 3.63) is 70.0 Å². The molecule has 0 fully saturated rings. The van der Waals surface area contributed by atoms with Crippen molar-refractivity contribution in [2.45, 2.75) is 32.7 Å². The van der Waals surface area contributed by atoms with Crippen LogP contribution in [0.1, 0.15) is 36.1 Å².